The zero-order valence-corrected chi connectivity index (χ0v) is 12.2. The molecule has 1 unspecified atom stereocenters. The number of hydrogen-bond donors (Lipinski definition) is 1. The van der Waals surface area contributed by atoms with Crippen LogP contribution in [0.5, 0.6) is 0 Å². The van der Waals surface area contributed by atoms with Crippen LogP contribution in [-0.2, 0) is 4.79 Å². The van der Waals surface area contributed by atoms with Crippen molar-refractivity contribution in [2.24, 2.45) is 11.3 Å². The lowest BCUT2D eigenvalue weighted by Gasteiger charge is -2.34. The summed E-state index contributed by atoms with van der Waals surface area (Å²) < 4.78 is 0. The molecular weight excluding hydrogens is 212 g/mol. The van der Waals surface area contributed by atoms with Gasteiger partial charge in [-0.15, -0.1) is 0 Å². The van der Waals surface area contributed by atoms with Gasteiger partial charge >= 0.3 is 0 Å². The molecule has 3 heteroatoms. The van der Waals surface area contributed by atoms with Crippen molar-refractivity contribution < 1.29 is 4.79 Å². The monoisotopic (exact) mass is 240 g/mol. The molecule has 1 saturated heterocycles. The zero-order chi connectivity index (χ0) is 13.2. The number of nitrogens with one attached hydrogen (secondary N) is 1. The molecule has 1 rings (SSSR count). The number of carbonyl (C=O) groups excluding carboxylic acids is 1. The highest BCUT2D eigenvalue weighted by atomic mass is 16.2. The molecule has 3 nitrogen and oxygen atoms in total. The van der Waals surface area contributed by atoms with Crippen LogP contribution in [0.25, 0.3) is 0 Å². The van der Waals surface area contributed by atoms with E-state index in [9.17, 15) is 4.79 Å². The molecule has 0 aromatic heterocycles. The van der Waals surface area contributed by atoms with E-state index in [-0.39, 0.29) is 17.4 Å². The lowest BCUT2D eigenvalue weighted by atomic mass is 9.81. The number of rotatable bonds is 5. The van der Waals surface area contributed by atoms with Crippen LogP contribution >= 0.6 is 0 Å². The van der Waals surface area contributed by atoms with Crippen LogP contribution in [0.2, 0.25) is 0 Å². The van der Waals surface area contributed by atoms with Gasteiger partial charge in [-0.05, 0) is 17.8 Å². The molecule has 0 aromatic carbocycles. The Labute approximate surface area is 106 Å². The van der Waals surface area contributed by atoms with Crippen molar-refractivity contribution >= 4 is 5.91 Å². The number of likely N-dealkylation sites (tertiary alicyclic amines) is 1. The summed E-state index contributed by atoms with van der Waals surface area (Å²) in [6.45, 7) is 14.9. The summed E-state index contributed by atoms with van der Waals surface area (Å²) in [7, 11) is 0. The Morgan fingerprint density at radius 1 is 1.35 bits per heavy atom. The van der Waals surface area contributed by atoms with E-state index in [4.69, 9.17) is 0 Å². The molecule has 1 atom stereocenters. The lowest BCUT2D eigenvalue weighted by molar-refractivity contribution is -0.131. The van der Waals surface area contributed by atoms with Crippen LogP contribution in [-0.4, -0.2) is 36.0 Å². The summed E-state index contributed by atoms with van der Waals surface area (Å²) in [5, 5.41) is 3.35. The molecule has 0 aliphatic carbocycles. The molecule has 0 saturated carbocycles. The second kappa shape index (κ2) is 5.38. The average molecular weight is 240 g/mol. The van der Waals surface area contributed by atoms with Gasteiger partial charge in [0.05, 0.1) is 6.04 Å². The van der Waals surface area contributed by atoms with Crippen molar-refractivity contribution in [2.45, 2.75) is 60.0 Å². The predicted molar refractivity (Wildman–Crippen MR) is 71.9 cm³/mol. The maximum absolute atomic E-state index is 12.2. The maximum Gasteiger partial charge on any atom is 0.239 e. The molecule has 1 aliphatic heterocycles. The summed E-state index contributed by atoms with van der Waals surface area (Å²) in [6, 6.07) is 0.417. The SMILES string of the molecule is CC(C)NC1CCN(CC(C)(C)C(C)C)C1=O. The third-order valence-corrected chi connectivity index (χ3v) is 3.99. The van der Waals surface area contributed by atoms with Crippen LogP contribution in [0, 0.1) is 11.3 Å². The summed E-state index contributed by atoms with van der Waals surface area (Å²) in [6.07, 6.45) is 0.950. The topological polar surface area (TPSA) is 32.3 Å². The predicted octanol–water partition coefficient (Wildman–Crippen LogP) is 2.27. The first-order valence-corrected chi connectivity index (χ1v) is 6.79. The highest BCUT2D eigenvalue weighted by Crippen LogP contribution is 2.29. The quantitative estimate of drug-likeness (QED) is 0.799. The highest BCUT2D eigenvalue weighted by Gasteiger charge is 2.35. The molecule has 1 aliphatic rings. The van der Waals surface area contributed by atoms with Crippen molar-refractivity contribution in [2.75, 3.05) is 13.1 Å². The average Bonchev–Trinajstić information content (AvgIpc) is 2.48. The number of carbonyl (C=O) groups is 1. The first-order chi connectivity index (χ1) is 7.74. The van der Waals surface area contributed by atoms with Crippen molar-refractivity contribution in [3.8, 4) is 0 Å². The minimum absolute atomic E-state index is 0.0398. The van der Waals surface area contributed by atoms with Crippen LogP contribution in [0.3, 0.4) is 0 Å². The second-order valence-corrected chi connectivity index (χ2v) is 6.57. The van der Waals surface area contributed by atoms with E-state index in [0.29, 0.717) is 12.0 Å². The van der Waals surface area contributed by atoms with Gasteiger partial charge in [0, 0.05) is 19.1 Å². The first kappa shape index (κ1) is 14.5. The van der Waals surface area contributed by atoms with Crippen LogP contribution in [0.15, 0.2) is 0 Å². The molecule has 1 fully saturated rings. The van der Waals surface area contributed by atoms with Crippen molar-refractivity contribution in [1.82, 2.24) is 10.2 Å². The van der Waals surface area contributed by atoms with Crippen molar-refractivity contribution in [1.29, 1.82) is 0 Å². The van der Waals surface area contributed by atoms with Gasteiger partial charge in [-0.2, -0.15) is 0 Å². The Kier molecular flexibility index (Phi) is 4.59. The lowest BCUT2D eigenvalue weighted by Crippen LogP contribution is -2.44. The Morgan fingerprint density at radius 3 is 2.41 bits per heavy atom. The minimum Gasteiger partial charge on any atom is -0.341 e. The van der Waals surface area contributed by atoms with Gasteiger partial charge in [0.15, 0.2) is 0 Å². The van der Waals surface area contributed by atoms with E-state index in [1.54, 1.807) is 0 Å². The largest absolute Gasteiger partial charge is 0.341 e. The number of hydrogen-bond acceptors (Lipinski definition) is 2. The third-order valence-electron chi connectivity index (χ3n) is 3.99. The van der Waals surface area contributed by atoms with E-state index in [0.717, 1.165) is 19.5 Å². The molecular formula is C14H28N2O. The molecule has 1 N–H and O–H groups in total. The van der Waals surface area contributed by atoms with E-state index in [2.05, 4.69) is 46.9 Å². The van der Waals surface area contributed by atoms with E-state index in [1.165, 1.54) is 0 Å². The number of amides is 1. The van der Waals surface area contributed by atoms with Gasteiger partial charge in [0.1, 0.15) is 0 Å². The number of nitrogens with zero attached hydrogens (tertiary/aromatic N) is 1. The molecule has 0 bridgehead atoms. The minimum atomic E-state index is 0.0398. The fraction of sp³-hybridized carbons (Fsp3) is 0.929. The molecule has 100 valence electrons. The van der Waals surface area contributed by atoms with Gasteiger partial charge < -0.3 is 10.2 Å². The molecule has 0 radical (unpaired) electrons. The second-order valence-electron chi connectivity index (χ2n) is 6.57. The van der Waals surface area contributed by atoms with Gasteiger partial charge in [0.2, 0.25) is 5.91 Å². The standard InChI is InChI=1S/C14H28N2O/c1-10(2)14(5,6)9-16-8-7-12(13(16)17)15-11(3)4/h10-12,15H,7-9H2,1-6H3. The summed E-state index contributed by atoms with van der Waals surface area (Å²) in [4.78, 5) is 14.2. The van der Waals surface area contributed by atoms with Gasteiger partial charge in [-0.1, -0.05) is 41.5 Å². The smallest absolute Gasteiger partial charge is 0.239 e. The van der Waals surface area contributed by atoms with Crippen LogP contribution in [0.1, 0.15) is 48.0 Å². The fourth-order valence-electron chi connectivity index (χ4n) is 2.13. The van der Waals surface area contributed by atoms with Gasteiger partial charge in [0.25, 0.3) is 0 Å². The normalized spacial score (nSPS) is 22.0. The van der Waals surface area contributed by atoms with Crippen LogP contribution in [0.4, 0.5) is 0 Å². The molecule has 1 amide bonds. The Bertz CT molecular complexity index is 271. The maximum atomic E-state index is 12.2. The molecule has 0 aromatic rings. The highest BCUT2D eigenvalue weighted by molar-refractivity contribution is 5.84. The summed E-state index contributed by atoms with van der Waals surface area (Å²) in [5.41, 5.74) is 0.197. The third kappa shape index (κ3) is 3.70. The zero-order valence-electron chi connectivity index (χ0n) is 12.2. The Hall–Kier alpha value is -0.570. The molecule has 1 heterocycles. The van der Waals surface area contributed by atoms with Crippen molar-refractivity contribution in [3.63, 3.8) is 0 Å². The van der Waals surface area contributed by atoms with E-state index in [1.807, 2.05) is 4.90 Å². The fourth-order valence-corrected chi connectivity index (χ4v) is 2.13. The van der Waals surface area contributed by atoms with Crippen molar-refractivity contribution in [3.05, 3.63) is 0 Å². The molecule has 0 spiro atoms. The first-order valence-electron chi connectivity index (χ1n) is 6.79. The molecule has 17 heavy (non-hydrogen) atoms. The van der Waals surface area contributed by atoms with E-state index < -0.39 is 0 Å². The Balaban J connectivity index is 2.56. The summed E-state index contributed by atoms with van der Waals surface area (Å²) in [5.74, 6) is 0.875. The van der Waals surface area contributed by atoms with E-state index >= 15 is 0 Å². The van der Waals surface area contributed by atoms with Gasteiger partial charge in [-0.3, -0.25) is 4.79 Å². The van der Waals surface area contributed by atoms with Crippen LogP contribution < -0.4 is 5.32 Å². The van der Waals surface area contributed by atoms with Gasteiger partial charge in [-0.25, -0.2) is 0 Å². The summed E-state index contributed by atoms with van der Waals surface area (Å²) >= 11 is 0. The Morgan fingerprint density at radius 2 is 1.94 bits per heavy atom.